The summed E-state index contributed by atoms with van der Waals surface area (Å²) in [5.74, 6) is -1.23. The third-order valence-corrected chi connectivity index (χ3v) is 1.83. The molecule has 0 atom stereocenters. The zero-order valence-corrected chi connectivity index (χ0v) is 7.02. The van der Waals surface area contributed by atoms with Gasteiger partial charge in [0.1, 0.15) is 5.02 Å². The van der Waals surface area contributed by atoms with E-state index in [1.54, 1.807) is 0 Å². The van der Waals surface area contributed by atoms with Crippen LogP contribution in [0, 0.1) is 5.82 Å². The molecular weight excluding hydrogens is 207 g/mol. The van der Waals surface area contributed by atoms with Crippen molar-refractivity contribution in [3.05, 3.63) is 28.3 Å². The summed E-state index contributed by atoms with van der Waals surface area (Å²) in [6.07, 6.45) is -2.30. The predicted molar refractivity (Wildman–Crippen MR) is 40.1 cm³/mol. The quantitative estimate of drug-likeness (QED) is 0.814. The molecule has 0 aliphatic rings. The van der Waals surface area contributed by atoms with Crippen LogP contribution in [-0.2, 0) is 6.61 Å². The Bertz CT molecular complexity index is 319. The summed E-state index contributed by atoms with van der Waals surface area (Å²) in [7, 11) is 0. The van der Waals surface area contributed by atoms with E-state index in [9.17, 15) is 13.2 Å². The van der Waals surface area contributed by atoms with Crippen LogP contribution in [0.1, 0.15) is 17.7 Å². The van der Waals surface area contributed by atoms with Gasteiger partial charge in [0.2, 0.25) is 0 Å². The van der Waals surface area contributed by atoms with Gasteiger partial charge in [-0.1, -0.05) is 11.6 Å². The summed E-state index contributed by atoms with van der Waals surface area (Å²) in [4.78, 5) is 3.38. The van der Waals surface area contributed by atoms with Gasteiger partial charge >= 0.3 is 0 Å². The van der Waals surface area contributed by atoms with Crippen LogP contribution >= 0.6 is 11.6 Å². The average molecular weight is 212 g/mol. The first-order chi connectivity index (χ1) is 6.07. The molecule has 1 N–H and O–H groups in total. The molecule has 0 fully saturated rings. The minimum Gasteiger partial charge on any atom is -0.390 e. The standard InChI is InChI=1S/C7H5ClF3NO/c8-5-4(2-13)12-1-3(6(5)9)7(10)11/h1,7,13H,2H2. The average Bonchev–Trinajstić information content (AvgIpc) is 2.09. The highest BCUT2D eigenvalue weighted by Crippen LogP contribution is 2.27. The Balaban J connectivity index is 3.23. The number of alkyl halides is 2. The number of aliphatic hydroxyl groups excluding tert-OH is 1. The molecule has 13 heavy (non-hydrogen) atoms. The number of rotatable bonds is 2. The first kappa shape index (κ1) is 10.3. The van der Waals surface area contributed by atoms with E-state index in [1.165, 1.54) is 0 Å². The molecule has 0 unspecified atom stereocenters. The number of hydrogen-bond donors (Lipinski definition) is 1. The zero-order chi connectivity index (χ0) is 10.0. The van der Waals surface area contributed by atoms with Crippen molar-refractivity contribution in [1.82, 2.24) is 4.98 Å². The van der Waals surface area contributed by atoms with Crippen molar-refractivity contribution in [2.45, 2.75) is 13.0 Å². The molecule has 0 saturated carbocycles. The molecule has 0 radical (unpaired) electrons. The molecule has 0 amide bonds. The second-order valence-corrected chi connectivity index (χ2v) is 2.62. The van der Waals surface area contributed by atoms with Crippen LogP contribution in [0.25, 0.3) is 0 Å². The fourth-order valence-electron chi connectivity index (χ4n) is 0.777. The Labute approximate surface area is 77.0 Å². The molecule has 72 valence electrons. The zero-order valence-electron chi connectivity index (χ0n) is 6.27. The van der Waals surface area contributed by atoms with Crippen molar-refractivity contribution >= 4 is 11.6 Å². The molecule has 1 aromatic heterocycles. The monoisotopic (exact) mass is 211 g/mol. The highest BCUT2D eigenvalue weighted by Gasteiger charge is 2.18. The second-order valence-electron chi connectivity index (χ2n) is 2.25. The maximum Gasteiger partial charge on any atom is 0.268 e. The van der Waals surface area contributed by atoms with Gasteiger partial charge in [-0.05, 0) is 0 Å². The Morgan fingerprint density at radius 3 is 2.62 bits per heavy atom. The lowest BCUT2D eigenvalue weighted by atomic mass is 10.2. The minimum absolute atomic E-state index is 0.149. The Morgan fingerprint density at radius 2 is 2.15 bits per heavy atom. The summed E-state index contributed by atoms with van der Waals surface area (Å²) in [5, 5.41) is 8.02. The molecule has 0 saturated heterocycles. The summed E-state index contributed by atoms with van der Waals surface area (Å²) in [6.45, 7) is -0.584. The van der Waals surface area contributed by atoms with Gasteiger partial charge in [-0.2, -0.15) is 0 Å². The van der Waals surface area contributed by atoms with Crippen LogP contribution in [0.5, 0.6) is 0 Å². The number of nitrogens with zero attached hydrogens (tertiary/aromatic N) is 1. The van der Waals surface area contributed by atoms with Crippen LogP contribution < -0.4 is 0 Å². The van der Waals surface area contributed by atoms with Gasteiger partial charge in [0, 0.05) is 6.20 Å². The number of aromatic nitrogens is 1. The smallest absolute Gasteiger partial charge is 0.268 e. The van der Waals surface area contributed by atoms with Gasteiger partial charge < -0.3 is 5.11 Å². The molecule has 0 aromatic carbocycles. The Hall–Kier alpha value is -0.810. The van der Waals surface area contributed by atoms with Crippen molar-refractivity contribution in [2.24, 2.45) is 0 Å². The molecule has 2 nitrogen and oxygen atoms in total. The van der Waals surface area contributed by atoms with Gasteiger partial charge in [-0.3, -0.25) is 4.98 Å². The van der Waals surface area contributed by atoms with E-state index in [0.717, 1.165) is 0 Å². The molecule has 0 aliphatic heterocycles. The van der Waals surface area contributed by atoms with E-state index in [-0.39, 0.29) is 5.69 Å². The number of pyridine rings is 1. The maximum absolute atomic E-state index is 12.9. The van der Waals surface area contributed by atoms with E-state index in [1.807, 2.05) is 0 Å². The fraction of sp³-hybridized carbons (Fsp3) is 0.286. The lowest BCUT2D eigenvalue weighted by Crippen LogP contribution is -1.99. The van der Waals surface area contributed by atoms with Gasteiger partial charge in [0.25, 0.3) is 6.43 Å². The van der Waals surface area contributed by atoms with Crippen LogP contribution in [0.4, 0.5) is 13.2 Å². The van der Waals surface area contributed by atoms with Crippen LogP contribution in [0.2, 0.25) is 5.02 Å². The Kier molecular flexibility index (Phi) is 3.11. The van der Waals surface area contributed by atoms with Crippen LogP contribution in [-0.4, -0.2) is 10.1 Å². The Morgan fingerprint density at radius 1 is 1.54 bits per heavy atom. The van der Waals surface area contributed by atoms with Crippen molar-refractivity contribution in [1.29, 1.82) is 0 Å². The van der Waals surface area contributed by atoms with Crippen molar-refractivity contribution < 1.29 is 18.3 Å². The van der Waals surface area contributed by atoms with E-state index in [0.29, 0.717) is 6.20 Å². The third kappa shape index (κ3) is 1.92. The number of halogens is 4. The molecule has 1 aromatic rings. The topological polar surface area (TPSA) is 33.1 Å². The SMILES string of the molecule is OCc1ncc(C(F)F)c(F)c1Cl. The van der Waals surface area contributed by atoms with Crippen molar-refractivity contribution in [2.75, 3.05) is 0 Å². The van der Waals surface area contributed by atoms with Crippen LogP contribution in [0.15, 0.2) is 6.20 Å². The summed E-state index contributed by atoms with van der Waals surface area (Å²) < 4.78 is 37.0. The van der Waals surface area contributed by atoms with E-state index in [2.05, 4.69) is 4.98 Å². The summed E-state index contributed by atoms with van der Waals surface area (Å²) >= 11 is 5.31. The lowest BCUT2D eigenvalue weighted by Gasteiger charge is -2.05. The first-order valence-corrected chi connectivity index (χ1v) is 3.67. The molecular formula is C7H5ClF3NO. The summed E-state index contributed by atoms with van der Waals surface area (Å²) in [6, 6.07) is 0. The fourth-order valence-corrected chi connectivity index (χ4v) is 0.994. The molecule has 0 spiro atoms. The van der Waals surface area contributed by atoms with Gasteiger partial charge in [0.15, 0.2) is 5.82 Å². The van der Waals surface area contributed by atoms with E-state index in [4.69, 9.17) is 16.7 Å². The highest BCUT2D eigenvalue weighted by atomic mass is 35.5. The predicted octanol–water partition coefficient (Wildman–Crippen LogP) is 2.30. The molecule has 1 heterocycles. The molecule has 6 heteroatoms. The van der Waals surface area contributed by atoms with Crippen molar-refractivity contribution in [3.8, 4) is 0 Å². The molecule has 1 rings (SSSR count). The van der Waals surface area contributed by atoms with E-state index < -0.39 is 29.4 Å². The molecule has 0 bridgehead atoms. The van der Waals surface area contributed by atoms with Gasteiger partial charge in [-0.15, -0.1) is 0 Å². The second kappa shape index (κ2) is 3.93. The maximum atomic E-state index is 12.9. The lowest BCUT2D eigenvalue weighted by molar-refractivity contribution is 0.145. The van der Waals surface area contributed by atoms with E-state index >= 15 is 0 Å². The minimum atomic E-state index is -2.96. The largest absolute Gasteiger partial charge is 0.390 e. The normalized spacial score (nSPS) is 10.9. The molecule has 0 aliphatic carbocycles. The van der Waals surface area contributed by atoms with Gasteiger partial charge in [-0.25, -0.2) is 13.2 Å². The highest BCUT2D eigenvalue weighted by molar-refractivity contribution is 6.31. The van der Waals surface area contributed by atoms with Crippen LogP contribution in [0.3, 0.4) is 0 Å². The van der Waals surface area contributed by atoms with Gasteiger partial charge in [0.05, 0.1) is 17.9 Å². The number of hydrogen-bond acceptors (Lipinski definition) is 2. The van der Waals surface area contributed by atoms with Crippen molar-refractivity contribution in [3.63, 3.8) is 0 Å². The third-order valence-electron chi connectivity index (χ3n) is 1.44. The summed E-state index contributed by atoms with van der Waals surface area (Å²) in [5.41, 5.74) is -1.01. The first-order valence-electron chi connectivity index (χ1n) is 3.29. The number of aliphatic hydroxyl groups is 1.